The molecule has 6 heteroatoms. The van der Waals surface area contributed by atoms with Gasteiger partial charge >= 0.3 is 5.97 Å². The van der Waals surface area contributed by atoms with Crippen LogP contribution in [0, 0.1) is 0 Å². The molecule has 0 fully saturated rings. The molecule has 0 spiro atoms. The Morgan fingerprint density at radius 2 is 2.07 bits per heavy atom. The predicted octanol–water partition coefficient (Wildman–Crippen LogP) is 0.757. The number of hydrogen-bond donors (Lipinski definition) is 1. The monoisotopic (exact) mass is 218 g/mol. The molecule has 0 radical (unpaired) electrons. The number of aliphatic imine (C=N–C) groups is 1. The van der Waals surface area contributed by atoms with E-state index < -0.39 is 5.97 Å². The third-order valence-corrected chi connectivity index (χ3v) is 1.24. The predicted molar refractivity (Wildman–Crippen MR) is 53.7 cm³/mol. The van der Waals surface area contributed by atoms with Gasteiger partial charge in [-0.3, -0.25) is 0 Å². The van der Waals surface area contributed by atoms with E-state index in [0.29, 0.717) is 0 Å². The second kappa shape index (κ2) is 6.04. The van der Waals surface area contributed by atoms with Gasteiger partial charge in [-0.2, -0.15) is 0 Å². The Hall–Kier alpha value is -1.49. The highest BCUT2D eigenvalue weighted by Crippen LogP contribution is 2.01. The molecule has 0 saturated heterocycles. The van der Waals surface area contributed by atoms with Crippen LogP contribution in [0.1, 0.15) is 0 Å². The number of methoxy groups -OCH3 is 2. The summed E-state index contributed by atoms with van der Waals surface area (Å²) < 4.78 is 9.07. The van der Waals surface area contributed by atoms with E-state index in [9.17, 15) is 4.79 Å². The van der Waals surface area contributed by atoms with Crippen molar-refractivity contribution < 1.29 is 14.3 Å². The lowest BCUT2D eigenvalue weighted by molar-refractivity contribution is -0.132. The van der Waals surface area contributed by atoms with Crippen LogP contribution in [0.2, 0.25) is 0 Å². The van der Waals surface area contributed by atoms with Crippen LogP contribution in [0.4, 0.5) is 0 Å². The molecular weight excluding hydrogens is 208 g/mol. The summed E-state index contributed by atoms with van der Waals surface area (Å²) in [7, 11) is 2.57. The zero-order valence-corrected chi connectivity index (χ0v) is 8.67. The number of ether oxygens (including phenoxy) is 2. The highest BCUT2D eigenvalue weighted by Gasteiger charge is 2.10. The number of rotatable bonds is 4. The van der Waals surface area contributed by atoms with Crippen LogP contribution in [-0.2, 0) is 14.3 Å². The molecule has 0 amide bonds. The third kappa shape index (κ3) is 4.51. The first-order chi connectivity index (χ1) is 6.51. The number of esters is 1. The summed E-state index contributed by atoms with van der Waals surface area (Å²) >= 11 is 5.40. The first kappa shape index (κ1) is 12.5. The summed E-state index contributed by atoms with van der Waals surface area (Å²) in [6.07, 6.45) is 1.19. The van der Waals surface area contributed by atoms with E-state index in [1.54, 1.807) is 0 Å². The highest BCUT2D eigenvalue weighted by molar-refractivity contribution is 6.43. The summed E-state index contributed by atoms with van der Waals surface area (Å²) in [5.74, 6) is -0.654. The highest BCUT2D eigenvalue weighted by atomic mass is 35.5. The van der Waals surface area contributed by atoms with Gasteiger partial charge in [0.1, 0.15) is 5.16 Å². The molecule has 5 nitrogen and oxygen atoms in total. The van der Waals surface area contributed by atoms with Gasteiger partial charge in [0.2, 0.25) is 0 Å². The van der Waals surface area contributed by atoms with Crippen molar-refractivity contribution >= 4 is 23.3 Å². The Morgan fingerprint density at radius 1 is 1.50 bits per heavy atom. The summed E-state index contributed by atoms with van der Waals surface area (Å²) in [5, 5.41) is -0.0504. The van der Waals surface area contributed by atoms with Gasteiger partial charge in [0.15, 0.2) is 11.6 Å². The van der Waals surface area contributed by atoms with Crippen molar-refractivity contribution in [3.8, 4) is 0 Å². The van der Waals surface area contributed by atoms with Crippen LogP contribution in [0.3, 0.4) is 0 Å². The fraction of sp³-hybridized carbons (Fsp3) is 0.250. The topological polar surface area (TPSA) is 73.9 Å². The van der Waals surface area contributed by atoms with Crippen molar-refractivity contribution in [3.05, 3.63) is 23.7 Å². The standard InChI is InChI=1S/C8H11ClN2O3/c1-5(9)11-6(8(12)14-3)4-7(10)13-2/h4H,1,10H2,2-3H3/b7-4+,11-6+. The van der Waals surface area contributed by atoms with Crippen LogP contribution in [-0.4, -0.2) is 25.9 Å². The summed E-state index contributed by atoms with van der Waals surface area (Å²) in [5.41, 5.74) is 5.24. The van der Waals surface area contributed by atoms with Gasteiger partial charge in [-0.15, -0.1) is 0 Å². The van der Waals surface area contributed by atoms with Crippen LogP contribution in [0.5, 0.6) is 0 Å². The van der Waals surface area contributed by atoms with Crippen LogP contribution in [0.25, 0.3) is 0 Å². The average Bonchev–Trinajstić information content (AvgIpc) is 2.14. The van der Waals surface area contributed by atoms with E-state index in [2.05, 4.69) is 21.0 Å². The van der Waals surface area contributed by atoms with E-state index in [4.69, 9.17) is 17.3 Å². The number of hydrogen-bond acceptors (Lipinski definition) is 5. The normalized spacial score (nSPS) is 12.2. The SMILES string of the molecule is C=C(Cl)/N=C(\C=C(/N)OC)C(=O)OC. The number of nitrogens with two attached hydrogens (primary N) is 1. The minimum atomic E-state index is -0.674. The Morgan fingerprint density at radius 3 is 2.43 bits per heavy atom. The maximum atomic E-state index is 11.1. The molecule has 0 aliphatic rings. The van der Waals surface area contributed by atoms with Gasteiger partial charge in [0, 0.05) is 6.08 Å². The fourth-order valence-corrected chi connectivity index (χ4v) is 0.657. The van der Waals surface area contributed by atoms with Crippen molar-refractivity contribution in [3.63, 3.8) is 0 Å². The Bertz CT molecular complexity index is 297. The first-order valence-electron chi connectivity index (χ1n) is 3.53. The quantitative estimate of drug-likeness (QED) is 0.327. The zero-order chi connectivity index (χ0) is 11.1. The van der Waals surface area contributed by atoms with Gasteiger partial charge in [0.25, 0.3) is 0 Å². The van der Waals surface area contributed by atoms with Gasteiger partial charge in [-0.25, -0.2) is 9.79 Å². The molecule has 0 unspecified atom stereocenters. The Labute approximate surface area is 86.8 Å². The van der Waals surface area contributed by atoms with E-state index in [1.165, 1.54) is 20.3 Å². The molecule has 14 heavy (non-hydrogen) atoms. The number of carbonyl (C=O) groups excluding carboxylic acids is 1. The molecular formula is C8H11ClN2O3. The molecule has 0 aromatic heterocycles. The van der Waals surface area contributed by atoms with Crippen molar-refractivity contribution in [2.75, 3.05) is 14.2 Å². The van der Waals surface area contributed by atoms with Crippen LogP contribution in [0.15, 0.2) is 28.7 Å². The summed E-state index contributed by atoms with van der Waals surface area (Å²) in [6, 6.07) is 0. The second-order valence-electron chi connectivity index (χ2n) is 2.12. The van der Waals surface area contributed by atoms with E-state index in [1.807, 2.05) is 0 Å². The fourth-order valence-electron chi connectivity index (χ4n) is 0.566. The van der Waals surface area contributed by atoms with E-state index in [0.717, 1.165) is 0 Å². The van der Waals surface area contributed by atoms with Crippen molar-refractivity contribution in [2.24, 2.45) is 10.7 Å². The minimum absolute atomic E-state index is 0.0204. The molecule has 0 heterocycles. The van der Waals surface area contributed by atoms with E-state index in [-0.39, 0.29) is 16.8 Å². The molecule has 0 aromatic rings. The van der Waals surface area contributed by atoms with E-state index >= 15 is 0 Å². The molecule has 0 aliphatic heterocycles. The molecule has 0 bridgehead atoms. The zero-order valence-electron chi connectivity index (χ0n) is 7.91. The third-order valence-electron chi connectivity index (χ3n) is 1.15. The Balaban J connectivity index is 4.93. The number of nitrogens with zero attached hydrogens (tertiary/aromatic N) is 1. The van der Waals surface area contributed by atoms with Crippen molar-refractivity contribution in [2.45, 2.75) is 0 Å². The molecule has 0 saturated carbocycles. The maximum Gasteiger partial charge on any atom is 0.356 e. The lowest BCUT2D eigenvalue weighted by Crippen LogP contribution is -2.16. The molecule has 0 aliphatic carbocycles. The summed E-state index contributed by atoms with van der Waals surface area (Å²) in [6.45, 7) is 3.30. The second-order valence-corrected chi connectivity index (χ2v) is 2.55. The van der Waals surface area contributed by atoms with Gasteiger partial charge in [-0.05, 0) is 0 Å². The van der Waals surface area contributed by atoms with Gasteiger partial charge < -0.3 is 15.2 Å². The lowest BCUT2D eigenvalue weighted by Gasteiger charge is -2.01. The smallest absolute Gasteiger partial charge is 0.356 e. The minimum Gasteiger partial charge on any atom is -0.483 e. The van der Waals surface area contributed by atoms with Crippen molar-refractivity contribution in [1.29, 1.82) is 0 Å². The molecule has 0 atom stereocenters. The summed E-state index contributed by atoms with van der Waals surface area (Å²) in [4.78, 5) is 14.7. The molecule has 0 aromatic carbocycles. The lowest BCUT2D eigenvalue weighted by atomic mass is 10.3. The maximum absolute atomic E-state index is 11.1. The molecule has 0 rings (SSSR count). The first-order valence-corrected chi connectivity index (χ1v) is 3.91. The number of halogens is 1. The van der Waals surface area contributed by atoms with Crippen LogP contribution < -0.4 is 5.73 Å². The van der Waals surface area contributed by atoms with Gasteiger partial charge in [-0.1, -0.05) is 18.2 Å². The molecule has 2 N–H and O–H groups in total. The van der Waals surface area contributed by atoms with Gasteiger partial charge in [0.05, 0.1) is 14.2 Å². The largest absolute Gasteiger partial charge is 0.483 e. The van der Waals surface area contributed by atoms with Crippen molar-refractivity contribution in [1.82, 2.24) is 0 Å². The Kier molecular flexibility index (Phi) is 5.40. The van der Waals surface area contributed by atoms with Crippen LogP contribution >= 0.6 is 11.6 Å². The average molecular weight is 219 g/mol. The molecule has 78 valence electrons. The number of carbonyl (C=O) groups is 1.